The fourth-order valence-electron chi connectivity index (χ4n) is 7.28. The largest absolute Gasteiger partial charge is 0.508 e. The summed E-state index contributed by atoms with van der Waals surface area (Å²) in [4.78, 5) is 18.2. The Balaban J connectivity index is 1.39. The van der Waals surface area contributed by atoms with Gasteiger partial charge in [0.25, 0.3) is 0 Å². The second-order valence-electron chi connectivity index (χ2n) is 12.1. The van der Waals surface area contributed by atoms with E-state index >= 15 is 8.78 Å². The Kier molecular flexibility index (Phi) is 7.44. The summed E-state index contributed by atoms with van der Waals surface area (Å²) in [6.45, 7) is 4.46. The Labute approximate surface area is 252 Å². The fraction of sp³-hybridized carbons (Fsp3) is 0.469. The molecule has 2 N–H and O–H groups in total. The Bertz CT molecular complexity index is 1740. The average molecular weight is 611 g/mol. The zero-order valence-electron chi connectivity index (χ0n) is 24.4. The number of fused-ring (bicyclic) bond motifs is 3. The molecule has 4 aromatic rings. The van der Waals surface area contributed by atoms with Gasteiger partial charge in [-0.3, -0.25) is 9.88 Å². The Hall–Kier alpha value is -3.77. The molecule has 0 radical (unpaired) electrons. The quantitative estimate of drug-likeness (QED) is 0.268. The van der Waals surface area contributed by atoms with Crippen LogP contribution in [-0.4, -0.2) is 82.0 Å². The van der Waals surface area contributed by atoms with Crippen molar-refractivity contribution in [1.82, 2.24) is 25.2 Å². The molecule has 0 bridgehead atoms. The Morgan fingerprint density at radius 3 is 2.84 bits per heavy atom. The summed E-state index contributed by atoms with van der Waals surface area (Å²) in [5.74, 6) is -1.86. The molecule has 3 aliphatic heterocycles. The zero-order valence-corrected chi connectivity index (χ0v) is 24.4. The second kappa shape index (κ2) is 11.3. The number of benzene rings is 2. The molecule has 12 heteroatoms. The van der Waals surface area contributed by atoms with E-state index in [4.69, 9.17) is 9.72 Å². The van der Waals surface area contributed by atoms with Crippen LogP contribution in [-0.2, 0) is 6.67 Å². The van der Waals surface area contributed by atoms with Crippen molar-refractivity contribution >= 4 is 27.5 Å². The molecule has 3 aliphatic rings. The van der Waals surface area contributed by atoms with Crippen LogP contribution in [0.25, 0.3) is 32.9 Å². The molecule has 3 fully saturated rings. The van der Waals surface area contributed by atoms with Crippen molar-refractivity contribution in [2.24, 2.45) is 0 Å². The molecule has 2 aromatic carbocycles. The highest BCUT2D eigenvalue weighted by Gasteiger charge is 2.49. The highest BCUT2D eigenvalue weighted by molar-refractivity contribution is 6.01. The molecule has 0 amide bonds. The molecule has 0 saturated carbocycles. The molecular weight excluding hydrogens is 576 g/mol. The number of halogens is 4. The molecule has 3 saturated heterocycles. The number of nitrogens with one attached hydrogen (secondary N) is 1. The molecular formula is C32H34F4N6O2. The third-order valence-electron chi connectivity index (χ3n) is 9.46. The van der Waals surface area contributed by atoms with Crippen molar-refractivity contribution in [1.29, 1.82) is 0 Å². The van der Waals surface area contributed by atoms with Gasteiger partial charge >= 0.3 is 6.01 Å². The van der Waals surface area contributed by atoms with Crippen LogP contribution in [0.1, 0.15) is 38.2 Å². The number of rotatable bonds is 7. The van der Waals surface area contributed by atoms with Crippen LogP contribution in [0.15, 0.2) is 30.5 Å². The van der Waals surface area contributed by atoms with Gasteiger partial charge < -0.3 is 20.1 Å². The minimum atomic E-state index is -1.12. The molecule has 2 aromatic heterocycles. The van der Waals surface area contributed by atoms with E-state index in [0.29, 0.717) is 37.3 Å². The summed E-state index contributed by atoms with van der Waals surface area (Å²) in [7, 11) is 0. The Morgan fingerprint density at radius 2 is 2.02 bits per heavy atom. The molecule has 3 atom stereocenters. The maximum Gasteiger partial charge on any atom is 0.319 e. The number of nitrogens with zero attached hydrogens (tertiary/aromatic N) is 5. The van der Waals surface area contributed by atoms with Crippen molar-refractivity contribution in [3.8, 4) is 23.0 Å². The average Bonchev–Trinajstić information content (AvgIpc) is 3.56. The predicted octanol–water partition coefficient (Wildman–Crippen LogP) is 5.44. The lowest BCUT2D eigenvalue weighted by Gasteiger charge is -2.35. The number of anilines is 1. The number of pyridine rings is 1. The van der Waals surface area contributed by atoms with Gasteiger partial charge in [0.15, 0.2) is 11.6 Å². The van der Waals surface area contributed by atoms with E-state index in [2.05, 4.69) is 32.0 Å². The van der Waals surface area contributed by atoms with Crippen LogP contribution < -0.4 is 15.0 Å². The minimum Gasteiger partial charge on any atom is -0.508 e. The first kappa shape index (κ1) is 29.0. The van der Waals surface area contributed by atoms with E-state index in [9.17, 15) is 13.9 Å². The summed E-state index contributed by atoms with van der Waals surface area (Å²) < 4.78 is 65.3. The maximum absolute atomic E-state index is 15.2. The maximum atomic E-state index is 15.2. The SMILES string of the molecule is CC[C@@H]1CN(c2nc(OC[C@@]34CCCN3C[C@H](F)C4)nc3c(CF)c(-c4cc(O)cc5ccc(F)c(F)c45)ncc23)CCN1. The van der Waals surface area contributed by atoms with Crippen molar-refractivity contribution in [2.45, 2.75) is 57.0 Å². The number of hydrogen-bond acceptors (Lipinski definition) is 8. The van der Waals surface area contributed by atoms with Gasteiger partial charge in [-0.25, -0.2) is 17.6 Å². The lowest BCUT2D eigenvalue weighted by Crippen LogP contribution is -2.50. The number of ether oxygens (including phenoxy) is 1. The molecule has 44 heavy (non-hydrogen) atoms. The van der Waals surface area contributed by atoms with Crippen molar-refractivity contribution < 1.29 is 27.4 Å². The van der Waals surface area contributed by atoms with Crippen LogP contribution >= 0.6 is 0 Å². The van der Waals surface area contributed by atoms with Crippen LogP contribution in [0.4, 0.5) is 23.4 Å². The summed E-state index contributed by atoms with van der Waals surface area (Å²) in [6, 6.07) is 5.15. The summed E-state index contributed by atoms with van der Waals surface area (Å²) in [6.07, 6.45) is 3.63. The topological polar surface area (TPSA) is 86.6 Å². The smallest absolute Gasteiger partial charge is 0.319 e. The molecule has 0 unspecified atom stereocenters. The number of piperazine rings is 1. The Morgan fingerprint density at radius 1 is 1.16 bits per heavy atom. The second-order valence-corrected chi connectivity index (χ2v) is 12.1. The van der Waals surface area contributed by atoms with Crippen molar-refractivity contribution in [3.05, 3.63) is 47.7 Å². The fourth-order valence-corrected chi connectivity index (χ4v) is 7.28. The van der Waals surface area contributed by atoms with Gasteiger partial charge in [-0.15, -0.1) is 0 Å². The van der Waals surface area contributed by atoms with E-state index in [1.54, 1.807) is 0 Å². The van der Waals surface area contributed by atoms with E-state index < -0.39 is 30.0 Å². The van der Waals surface area contributed by atoms with Crippen LogP contribution in [0.5, 0.6) is 11.8 Å². The number of alkyl halides is 2. The third-order valence-corrected chi connectivity index (χ3v) is 9.46. The van der Waals surface area contributed by atoms with Crippen molar-refractivity contribution in [2.75, 3.05) is 44.2 Å². The number of aromatic hydroxyl groups is 1. The van der Waals surface area contributed by atoms with Gasteiger partial charge in [0.05, 0.1) is 22.1 Å². The summed E-state index contributed by atoms with van der Waals surface area (Å²) in [5, 5.41) is 14.6. The molecule has 232 valence electrons. The van der Waals surface area contributed by atoms with Gasteiger partial charge in [-0.05, 0) is 49.4 Å². The predicted molar refractivity (Wildman–Crippen MR) is 160 cm³/mol. The molecule has 0 aliphatic carbocycles. The summed E-state index contributed by atoms with van der Waals surface area (Å²) >= 11 is 0. The van der Waals surface area contributed by atoms with Crippen LogP contribution in [0.3, 0.4) is 0 Å². The first-order valence-corrected chi connectivity index (χ1v) is 15.2. The standard InChI is InChI=1S/C32H34F4N6O2/c1-2-20-16-41(9-7-37-20)30-24-14-38-28(22-11-21(43)10-18-4-5-25(35)27(36)26(18)22)23(13-33)29(24)39-31(40-30)44-17-32-6-3-8-42(32)15-19(34)12-32/h4-5,10-11,14,19-20,37,43H,2-3,6-9,12-13,15-17H2,1H3/t19-,20-,32+/m1/s1. The van der Waals surface area contributed by atoms with Crippen LogP contribution in [0, 0.1) is 11.6 Å². The zero-order chi connectivity index (χ0) is 30.6. The van der Waals surface area contributed by atoms with Gasteiger partial charge in [-0.1, -0.05) is 13.0 Å². The molecule has 7 rings (SSSR count). The van der Waals surface area contributed by atoms with Gasteiger partial charge in [-0.2, -0.15) is 9.97 Å². The lowest BCUT2D eigenvalue weighted by atomic mass is 9.95. The molecule has 8 nitrogen and oxygen atoms in total. The molecule has 5 heterocycles. The normalized spacial score (nSPS) is 24.0. The number of phenols is 1. The lowest BCUT2D eigenvalue weighted by molar-refractivity contribution is 0.107. The van der Waals surface area contributed by atoms with E-state index in [0.717, 1.165) is 38.4 Å². The number of phenolic OH excluding ortho intramolecular Hbond substituents is 1. The molecule has 0 spiro atoms. The number of aromatic nitrogens is 3. The van der Waals surface area contributed by atoms with Gasteiger partial charge in [0, 0.05) is 61.4 Å². The highest BCUT2D eigenvalue weighted by Crippen LogP contribution is 2.42. The summed E-state index contributed by atoms with van der Waals surface area (Å²) in [5.41, 5.74) is -0.0893. The van der Waals surface area contributed by atoms with Crippen molar-refractivity contribution in [3.63, 3.8) is 0 Å². The monoisotopic (exact) mass is 610 g/mol. The first-order valence-electron chi connectivity index (χ1n) is 15.2. The van der Waals surface area contributed by atoms with E-state index in [1.165, 1.54) is 24.4 Å². The highest BCUT2D eigenvalue weighted by atomic mass is 19.2. The van der Waals surface area contributed by atoms with E-state index in [-0.39, 0.29) is 57.5 Å². The van der Waals surface area contributed by atoms with Gasteiger partial charge in [0.2, 0.25) is 0 Å². The van der Waals surface area contributed by atoms with E-state index in [1.807, 2.05) is 0 Å². The third kappa shape index (κ3) is 4.88. The number of hydrogen-bond donors (Lipinski definition) is 2. The first-order chi connectivity index (χ1) is 21.3. The van der Waals surface area contributed by atoms with Crippen LogP contribution in [0.2, 0.25) is 0 Å². The van der Waals surface area contributed by atoms with Gasteiger partial charge in [0.1, 0.15) is 31.0 Å². The minimum absolute atomic E-state index is 0.0318.